The van der Waals surface area contributed by atoms with Crippen LogP contribution in [0.2, 0.25) is 0 Å². The van der Waals surface area contributed by atoms with Crippen molar-refractivity contribution in [3.8, 4) is 0 Å². The summed E-state index contributed by atoms with van der Waals surface area (Å²) in [4.78, 5) is 6.22. The van der Waals surface area contributed by atoms with Gasteiger partial charge in [0.1, 0.15) is 5.69 Å². The van der Waals surface area contributed by atoms with Gasteiger partial charge in [-0.15, -0.1) is 5.11 Å². The molecule has 1 aliphatic heterocycles. The Kier molecular flexibility index (Phi) is 6.76. The Bertz CT molecular complexity index is 1010. The quantitative estimate of drug-likeness (QED) is 0.396. The monoisotopic (exact) mass is 474 g/mol. The van der Waals surface area contributed by atoms with Gasteiger partial charge in [0.25, 0.3) is 0 Å². The number of alkyl halides is 3. The van der Waals surface area contributed by atoms with Crippen LogP contribution >= 0.6 is 10.8 Å². The first-order valence-corrected chi connectivity index (χ1v) is 11.3. The molecule has 2 heterocycles. The SMILES string of the molecule is CCN1CCCc2cc(N=Nc3nc([N-]C)c([N-]C)n3C)c(NS(O)(O)C(F)(F)F)cc21. The Morgan fingerprint density at radius 2 is 1.94 bits per heavy atom. The lowest BCUT2D eigenvalue weighted by molar-refractivity contribution is -0.0518. The molecule has 0 fully saturated rings. The van der Waals surface area contributed by atoms with Crippen LogP contribution in [-0.4, -0.2) is 51.3 Å². The third-order valence-corrected chi connectivity index (χ3v) is 6.21. The van der Waals surface area contributed by atoms with Gasteiger partial charge in [0, 0.05) is 18.8 Å². The van der Waals surface area contributed by atoms with Crippen LogP contribution in [0.3, 0.4) is 0 Å². The number of rotatable bonds is 7. The average Bonchev–Trinajstić information content (AvgIpc) is 3.05. The minimum Gasteiger partial charge on any atom is -0.469 e. The van der Waals surface area contributed by atoms with E-state index in [1.807, 2.05) is 16.5 Å². The number of hydrogen-bond donors (Lipinski definition) is 3. The van der Waals surface area contributed by atoms with Crippen LogP contribution in [0.25, 0.3) is 10.6 Å². The Labute approximate surface area is 185 Å². The second-order valence-corrected chi connectivity index (χ2v) is 8.81. The van der Waals surface area contributed by atoms with Crippen molar-refractivity contribution in [1.82, 2.24) is 9.55 Å². The molecule has 32 heavy (non-hydrogen) atoms. The fraction of sp³-hybridized carbons (Fsp3) is 0.500. The molecule has 0 saturated carbocycles. The number of aryl methyl sites for hydroxylation is 1. The number of anilines is 2. The molecule has 0 amide bonds. The molecular formula is C18H25F3N8O2S-2. The van der Waals surface area contributed by atoms with Crippen molar-refractivity contribution in [1.29, 1.82) is 0 Å². The van der Waals surface area contributed by atoms with Crippen molar-refractivity contribution >= 4 is 45.4 Å². The second-order valence-electron chi connectivity index (χ2n) is 7.04. The van der Waals surface area contributed by atoms with Gasteiger partial charge >= 0.3 is 5.51 Å². The van der Waals surface area contributed by atoms with E-state index in [0.29, 0.717) is 30.3 Å². The minimum absolute atomic E-state index is 0.0268. The molecular weight excluding hydrogens is 449 g/mol. The number of benzene rings is 1. The molecule has 0 radical (unpaired) electrons. The summed E-state index contributed by atoms with van der Waals surface area (Å²) in [5.41, 5.74) is -3.82. The predicted octanol–water partition coefficient (Wildman–Crippen LogP) is 6.48. The molecule has 3 N–H and O–H groups in total. The van der Waals surface area contributed by atoms with Gasteiger partial charge in [-0.1, -0.05) is 32.8 Å². The third kappa shape index (κ3) is 4.56. The molecule has 0 aliphatic carbocycles. The van der Waals surface area contributed by atoms with E-state index in [0.717, 1.165) is 18.5 Å². The maximum atomic E-state index is 13.1. The summed E-state index contributed by atoms with van der Waals surface area (Å²) in [5, 5.41) is 16.2. The molecule has 0 unspecified atom stereocenters. The number of imidazole rings is 1. The van der Waals surface area contributed by atoms with Crippen LogP contribution in [-0.2, 0) is 13.5 Å². The van der Waals surface area contributed by atoms with Crippen LogP contribution < -0.4 is 9.62 Å². The predicted molar refractivity (Wildman–Crippen MR) is 120 cm³/mol. The highest BCUT2D eigenvalue weighted by Crippen LogP contribution is 2.56. The topological polar surface area (TPSA) is 126 Å². The zero-order valence-electron chi connectivity index (χ0n) is 18.1. The molecule has 1 aromatic heterocycles. The van der Waals surface area contributed by atoms with Crippen LogP contribution in [0.15, 0.2) is 22.4 Å². The summed E-state index contributed by atoms with van der Waals surface area (Å²) < 4.78 is 62.1. The molecule has 0 bridgehead atoms. The maximum absolute atomic E-state index is 13.1. The summed E-state index contributed by atoms with van der Waals surface area (Å²) in [6.45, 7) is 3.34. The molecule has 1 aliphatic rings. The van der Waals surface area contributed by atoms with Crippen LogP contribution in [0.1, 0.15) is 18.9 Å². The van der Waals surface area contributed by atoms with E-state index in [1.54, 1.807) is 31.8 Å². The van der Waals surface area contributed by atoms with E-state index in [9.17, 15) is 22.3 Å². The number of azo groups is 1. The first-order valence-electron chi connectivity index (χ1n) is 9.74. The normalized spacial score (nSPS) is 15.1. The summed E-state index contributed by atoms with van der Waals surface area (Å²) in [6, 6.07) is 3.05. The second kappa shape index (κ2) is 9.03. The zero-order valence-corrected chi connectivity index (χ0v) is 18.9. The standard InChI is InChI=1S/C18H25F3N8O2S/c1-5-29-8-6-7-11-9-12(13(10-14(11)29)27-32(30,31)18(19,20)21)25-26-17-24-15(22-2)16(23-3)28(17)4/h9-10,27,30-31H,5-8H2,1-4H3/q-2. The molecule has 0 atom stereocenters. The average molecular weight is 475 g/mol. The van der Waals surface area contributed by atoms with Gasteiger partial charge in [-0.2, -0.15) is 18.3 Å². The Morgan fingerprint density at radius 1 is 1.22 bits per heavy atom. The van der Waals surface area contributed by atoms with Gasteiger partial charge in [0.15, 0.2) is 0 Å². The molecule has 178 valence electrons. The number of nitrogens with zero attached hydrogens (tertiary/aromatic N) is 7. The van der Waals surface area contributed by atoms with Gasteiger partial charge < -0.3 is 25.1 Å². The number of hydrogen-bond acceptors (Lipinski definition) is 7. The summed E-state index contributed by atoms with van der Waals surface area (Å²) in [7, 11) is -0.375. The molecule has 14 heteroatoms. The minimum atomic E-state index is -5.25. The lowest BCUT2D eigenvalue weighted by Crippen LogP contribution is -2.29. The molecule has 1 aromatic carbocycles. The Hall–Kier alpha value is -2.71. The van der Waals surface area contributed by atoms with Crippen LogP contribution in [0, 0.1) is 0 Å². The Morgan fingerprint density at radius 3 is 2.50 bits per heavy atom. The highest BCUT2D eigenvalue weighted by molar-refractivity contribution is 8.26. The van der Waals surface area contributed by atoms with E-state index < -0.39 is 16.3 Å². The van der Waals surface area contributed by atoms with E-state index in [4.69, 9.17) is 0 Å². The third-order valence-electron chi connectivity index (χ3n) is 5.06. The van der Waals surface area contributed by atoms with Gasteiger partial charge in [-0.3, -0.25) is 13.8 Å². The fourth-order valence-electron chi connectivity index (χ4n) is 3.45. The highest BCUT2D eigenvalue weighted by atomic mass is 32.3. The highest BCUT2D eigenvalue weighted by Gasteiger charge is 2.46. The van der Waals surface area contributed by atoms with Crippen molar-refractivity contribution in [3.05, 3.63) is 28.3 Å². The molecule has 10 nitrogen and oxygen atoms in total. The number of aromatic nitrogens is 2. The van der Waals surface area contributed by atoms with Crippen molar-refractivity contribution in [2.45, 2.75) is 25.3 Å². The van der Waals surface area contributed by atoms with Gasteiger partial charge in [-0.25, -0.2) is 0 Å². The smallest absolute Gasteiger partial charge is 0.469 e. The maximum Gasteiger partial charge on any atom is 0.514 e. The van der Waals surface area contributed by atoms with Crippen molar-refractivity contribution in [2.75, 3.05) is 36.8 Å². The lowest BCUT2D eigenvalue weighted by atomic mass is 10.0. The van der Waals surface area contributed by atoms with E-state index >= 15 is 0 Å². The number of halogens is 3. The van der Waals surface area contributed by atoms with Gasteiger partial charge in [0.05, 0.1) is 11.6 Å². The van der Waals surface area contributed by atoms with Crippen molar-refractivity contribution in [3.63, 3.8) is 0 Å². The van der Waals surface area contributed by atoms with E-state index in [-0.39, 0.29) is 17.3 Å². The molecule has 3 rings (SSSR count). The summed E-state index contributed by atoms with van der Waals surface area (Å²) in [6.07, 6.45) is 1.59. The first kappa shape index (κ1) is 23.9. The van der Waals surface area contributed by atoms with Crippen molar-refractivity contribution < 1.29 is 22.3 Å². The first-order chi connectivity index (χ1) is 15.0. The number of nitrogens with one attached hydrogen (secondary N) is 1. The summed E-state index contributed by atoms with van der Waals surface area (Å²) in [5.74, 6) is 0.958. The van der Waals surface area contributed by atoms with E-state index in [1.165, 1.54) is 6.07 Å². The van der Waals surface area contributed by atoms with Crippen LogP contribution in [0.5, 0.6) is 0 Å². The Balaban J connectivity index is 2.08. The van der Waals surface area contributed by atoms with E-state index in [2.05, 4.69) is 25.8 Å². The van der Waals surface area contributed by atoms with Crippen molar-refractivity contribution in [2.24, 2.45) is 17.3 Å². The zero-order chi connectivity index (χ0) is 23.7. The molecule has 0 saturated heterocycles. The lowest BCUT2D eigenvalue weighted by Gasteiger charge is -2.36. The van der Waals surface area contributed by atoms with Gasteiger partial charge in [-0.05, 0) is 48.2 Å². The fourth-order valence-corrected chi connectivity index (χ4v) is 4.04. The molecule has 2 aromatic rings. The van der Waals surface area contributed by atoms with Crippen LogP contribution in [0.4, 0.5) is 47.8 Å². The number of fused-ring (bicyclic) bond motifs is 1. The van der Waals surface area contributed by atoms with Gasteiger partial charge in [0.2, 0.25) is 0 Å². The largest absolute Gasteiger partial charge is 0.514 e. The molecule has 0 spiro atoms. The summed E-state index contributed by atoms with van der Waals surface area (Å²) >= 11 is 0.